The van der Waals surface area contributed by atoms with Gasteiger partial charge in [-0.25, -0.2) is 0 Å². The van der Waals surface area contributed by atoms with Crippen molar-refractivity contribution in [2.45, 2.75) is 63.4 Å². The van der Waals surface area contributed by atoms with Gasteiger partial charge in [-0.05, 0) is 25.3 Å². The van der Waals surface area contributed by atoms with Crippen molar-refractivity contribution in [2.75, 3.05) is 6.54 Å². The molecule has 1 unspecified atom stereocenters. The van der Waals surface area contributed by atoms with Crippen LogP contribution in [0.4, 0.5) is 0 Å². The summed E-state index contributed by atoms with van der Waals surface area (Å²) in [6.07, 6.45) is 9.62. The standard InChI is InChI=1S/C14H24ClN3/c1-2-5-12(15)10-16-11-13-8-9-18(17-13)14-6-3-4-7-14/h8-9,12,14,16H,2-7,10-11H2,1H3. The first-order chi connectivity index (χ1) is 8.79. The summed E-state index contributed by atoms with van der Waals surface area (Å²) >= 11 is 6.17. The van der Waals surface area contributed by atoms with Gasteiger partial charge in [0.2, 0.25) is 0 Å². The van der Waals surface area contributed by atoms with E-state index in [-0.39, 0.29) is 5.38 Å². The molecule has 0 saturated heterocycles. The molecule has 1 fully saturated rings. The minimum Gasteiger partial charge on any atom is -0.310 e. The Labute approximate surface area is 115 Å². The Bertz CT molecular complexity index is 345. The van der Waals surface area contributed by atoms with Crippen molar-refractivity contribution < 1.29 is 0 Å². The Morgan fingerprint density at radius 3 is 3.00 bits per heavy atom. The number of hydrogen-bond donors (Lipinski definition) is 1. The van der Waals surface area contributed by atoms with E-state index in [1.165, 1.54) is 25.7 Å². The molecule has 0 amide bonds. The molecule has 0 radical (unpaired) electrons. The molecule has 2 rings (SSSR count). The molecular weight excluding hydrogens is 246 g/mol. The van der Waals surface area contributed by atoms with Crippen LogP contribution in [-0.2, 0) is 6.54 Å². The smallest absolute Gasteiger partial charge is 0.0762 e. The van der Waals surface area contributed by atoms with Crippen LogP contribution in [0.2, 0.25) is 0 Å². The summed E-state index contributed by atoms with van der Waals surface area (Å²) in [4.78, 5) is 0. The maximum atomic E-state index is 6.17. The lowest BCUT2D eigenvalue weighted by Crippen LogP contribution is -2.23. The monoisotopic (exact) mass is 269 g/mol. The minimum absolute atomic E-state index is 0.243. The molecule has 1 N–H and O–H groups in total. The van der Waals surface area contributed by atoms with Crippen molar-refractivity contribution in [1.29, 1.82) is 0 Å². The number of nitrogens with one attached hydrogen (secondary N) is 1. The van der Waals surface area contributed by atoms with Gasteiger partial charge in [0.15, 0.2) is 0 Å². The molecule has 0 aromatic carbocycles. The van der Waals surface area contributed by atoms with E-state index in [2.05, 4.69) is 34.3 Å². The Balaban J connectivity index is 1.73. The molecule has 1 atom stereocenters. The fraction of sp³-hybridized carbons (Fsp3) is 0.786. The fourth-order valence-electron chi connectivity index (χ4n) is 2.62. The van der Waals surface area contributed by atoms with Crippen molar-refractivity contribution in [3.63, 3.8) is 0 Å². The highest BCUT2D eigenvalue weighted by Crippen LogP contribution is 2.28. The number of halogens is 1. The summed E-state index contributed by atoms with van der Waals surface area (Å²) in [7, 11) is 0. The molecule has 3 nitrogen and oxygen atoms in total. The summed E-state index contributed by atoms with van der Waals surface area (Å²) in [6, 6.07) is 2.76. The van der Waals surface area contributed by atoms with Gasteiger partial charge in [0.1, 0.15) is 0 Å². The van der Waals surface area contributed by atoms with E-state index >= 15 is 0 Å². The summed E-state index contributed by atoms with van der Waals surface area (Å²) in [5.74, 6) is 0. The zero-order valence-corrected chi connectivity index (χ0v) is 12.0. The van der Waals surface area contributed by atoms with E-state index < -0.39 is 0 Å². The van der Waals surface area contributed by atoms with Gasteiger partial charge in [0.25, 0.3) is 0 Å². The fourth-order valence-corrected chi connectivity index (χ4v) is 2.94. The summed E-state index contributed by atoms with van der Waals surface area (Å²) in [5, 5.41) is 8.27. The highest BCUT2D eigenvalue weighted by atomic mass is 35.5. The van der Waals surface area contributed by atoms with E-state index in [1.54, 1.807) is 0 Å². The Kier molecular flexibility index (Phi) is 5.51. The molecule has 1 aromatic heterocycles. The average molecular weight is 270 g/mol. The van der Waals surface area contributed by atoms with Gasteiger partial charge in [-0.2, -0.15) is 5.10 Å². The van der Waals surface area contributed by atoms with Crippen LogP contribution in [0.5, 0.6) is 0 Å². The van der Waals surface area contributed by atoms with Gasteiger partial charge in [-0.15, -0.1) is 11.6 Å². The number of nitrogens with zero attached hydrogens (tertiary/aromatic N) is 2. The van der Waals surface area contributed by atoms with E-state index in [4.69, 9.17) is 11.6 Å². The maximum absolute atomic E-state index is 6.17. The van der Waals surface area contributed by atoms with Gasteiger partial charge in [-0.1, -0.05) is 26.2 Å². The zero-order chi connectivity index (χ0) is 12.8. The van der Waals surface area contributed by atoms with Crippen LogP contribution in [-0.4, -0.2) is 21.7 Å². The van der Waals surface area contributed by atoms with Crippen LogP contribution in [0, 0.1) is 0 Å². The third-order valence-electron chi connectivity index (χ3n) is 3.64. The Hall–Kier alpha value is -0.540. The predicted octanol–water partition coefficient (Wildman–Crippen LogP) is 3.50. The first-order valence-electron chi connectivity index (χ1n) is 7.18. The second-order valence-corrected chi connectivity index (χ2v) is 5.86. The van der Waals surface area contributed by atoms with Crippen LogP contribution in [0.1, 0.15) is 57.2 Å². The quantitative estimate of drug-likeness (QED) is 0.768. The van der Waals surface area contributed by atoms with Crippen molar-refractivity contribution in [3.05, 3.63) is 18.0 Å². The first-order valence-corrected chi connectivity index (χ1v) is 7.62. The second-order valence-electron chi connectivity index (χ2n) is 5.24. The number of rotatable bonds is 7. The van der Waals surface area contributed by atoms with Crippen LogP contribution in [0.3, 0.4) is 0 Å². The molecule has 18 heavy (non-hydrogen) atoms. The lowest BCUT2D eigenvalue weighted by Gasteiger charge is -2.10. The van der Waals surface area contributed by atoms with Gasteiger partial charge in [0, 0.05) is 24.7 Å². The third-order valence-corrected chi connectivity index (χ3v) is 4.01. The van der Waals surface area contributed by atoms with Crippen LogP contribution >= 0.6 is 11.6 Å². The Morgan fingerprint density at radius 1 is 1.50 bits per heavy atom. The molecule has 102 valence electrons. The van der Waals surface area contributed by atoms with E-state index in [1.807, 2.05) is 0 Å². The molecule has 1 saturated carbocycles. The van der Waals surface area contributed by atoms with Gasteiger partial charge in [0.05, 0.1) is 11.7 Å². The number of aromatic nitrogens is 2. The molecule has 1 aliphatic rings. The second kappa shape index (κ2) is 7.15. The normalized spacial score (nSPS) is 18.3. The summed E-state index contributed by atoms with van der Waals surface area (Å²) in [5.41, 5.74) is 1.13. The lowest BCUT2D eigenvalue weighted by atomic mass is 10.2. The zero-order valence-electron chi connectivity index (χ0n) is 11.2. The average Bonchev–Trinajstić information content (AvgIpc) is 2.99. The van der Waals surface area contributed by atoms with Crippen LogP contribution < -0.4 is 5.32 Å². The van der Waals surface area contributed by atoms with Gasteiger partial charge in [-0.3, -0.25) is 4.68 Å². The molecule has 1 heterocycles. The molecule has 0 aliphatic heterocycles. The molecule has 0 spiro atoms. The van der Waals surface area contributed by atoms with Crippen molar-refractivity contribution in [3.8, 4) is 0 Å². The van der Waals surface area contributed by atoms with Gasteiger partial charge < -0.3 is 5.32 Å². The molecule has 0 bridgehead atoms. The topological polar surface area (TPSA) is 29.9 Å². The minimum atomic E-state index is 0.243. The summed E-state index contributed by atoms with van der Waals surface area (Å²) in [6.45, 7) is 3.86. The highest BCUT2D eigenvalue weighted by Gasteiger charge is 2.17. The number of alkyl halides is 1. The molecule has 1 aliphatic carbocycles. The van der Waals surface area contributed by atoms with Crippen molar-refractivity contribution >= 4 is 11.6 Å². The van der Waals surface area contributed by atoms with Crippen LogP contribution in [0.25, 0.3) is 0 Å². The van der Waals surface area contributed by atoms with E-state index in [0.29, 0.717) is 6.04 Å². The molecular formula is C14H24ClN3. The lowest BCUT2D eigenvalue weighted by molar-refractivity contribution is 0.460. The first kappa shape index (κ1) is 13.9. The predicted molar refractivity (Wildman–Crippen MR) is 76.0 cm³/mol. The summed E-state index contributed by atoms with van der Waals surface area (Å²) < 4.78 is 2.15. The number of hydrogen-bond acceptors (Lipinski definition) is 2. The van der Waals surface area contributed by atoms with Crippen molar-refractivity contribution in [2.24, 2.45) is 0 Å². The van der Waals surface area contributed by atoms with E-state index in [0.717, 1.165) is 31.6 Å². The van der Waals surface area contributed by atoms with Crippen LogP contribution in [0.15, 0.2) is 12.3 Å². The Morgan fingerprint density at radius 2 is 2.28 bits per heavy atom. The maximum Gasteiger partial charge on any atom is 0.0762 e. The molecule has 1 aromatic rings. The molecule has 4 heteroatoms. The van der Waals surface area contributed by atoms with Crippen molar-refractivity contribution in [1.82, 2.24) is 15.1 Å². The van der Waals surface area contributed by atoms with Gasteiger partial charge >= 0.3 is 0 Å². The third kappa shape index (κ3) is 3.99. The SMILES string of the molecule is CCCC(Cl)CNCc1ccn(C2CCCC2)n1. The largest absolute Gasteiger partial charge is 0.310 e. The highest BCUT2D eigenvalue weighted by molar-refractivity contribution is 6.20. The van der Waals surface area contributed by atoms with E-state index in [9.17, 15) is 0 Å².